The minimum atomic E-state index is -0.879. The van der Waals surface area contributed by atoms with E-state index in [-0.39, 0.29) is 25.7 Å². The topological polar surface area (TPSA) is 135 Å². The minimum Gasteiger partial charge on any atom is -0.478 e. The van der Waals surface area contributed by atoms with Crippen LogP contribution < -0.4 is 0 Å². The standard InChI is InChI=1S/2C7H6O2.C5H12O3/c2*8-7(9)6-4-2-1-3-5-6;6-2-1-5(3-7)4-8/h2*1-5H,(H,8,9);5-8H,1-4H2. The zero-order valence-corrected chi connectivity index (χ0v) is 14.2. The van der Waals surface area contributed by atoms with Crippen molar-refractivity contribution in [3.05, 3.63) is 71.8 Å². The zero-order chi connectivity index (χ0) is 19.8. The molecule has 142 valence electrons. The number of rotatable bonds is 6. The van der Waals surface area contributed by atoms with E-state index in [1.165, 1.54) is 0 Å². The molecule has 7 heteroatoms. The number of carboxylic acid groups (broad SMARTS) is 2. The fourth-order valence-corrected chi connectivity index (χ4v) is 1.58. The lowest BCUT2D eigenvalue weighted by Crippen LogP contribution is -2.12. The molecule has 0 radical (unpaired) electrons. The number of carboxylic acids is 2. The van der Waals surface area contributed by atoms with Crippen LogP contribution in [0.15, 0.2) is 60.7 Å². The molecule has 0 heterocycles. The van der Waals surface area contributed by atoms with E-state index in [4.69, 9.17) is 25.5 Å². The van der Waals surface area contributed by atoms with E-state index in [1.54, 1.807) is 60.7 Å². The smallest absolute Gasteiger partial charge is 0.335 e. The first kappa shape index (κ1) is 23.3. The minimum absolute atomic E-state index is 0.0335. The molecule has 0 amide bonds. The quantitative estimate of drug-likeness (QED) is 0.527. The maximum atomic E-state index is 10.2. The molecule has 0 bridgehead atoms. The normalized spacial score (nSPS) is 9.38. The summed E-state index contributed by atoms with van der Waals surface area (Å²) >= 11 is 0. The summed E-state index contributed by atoms with van der Waals surface area (Å²) in [7, 11) is 0. The first-order valence-electron chi connectivity index (χ1n) is 7.85. The number of aliphatic hydroxyl groups is 3. The molecule has 0 aromatic heterocycles. The average Bonchev–Trinajstić information content (AvgIpc) is 2.68. The van der Waals surface area contributed by atoms with E-state index >= 15 is 0 Å². The van der Waals surface area contributed by atoms with Gasteiger partial charge in [0.15, 0.2) is 0 Å². The van der Waals surface area contributed by atoms with Crippen molar-refractivity contribution in [3.63, 3.8) is 0 Å². The van der Waals surface area contributed by atoms with Crippen molar-refractivity contribution in [1.29, 1.82) is 0 Å². The molecule has 0 spiro atoms. The van der Waals surface area contributed by atoms with Crippen LogP contribution in [-0.2, 0) is 0 Å². The molecular weight excluding hydrogens is 340 g/mol. The largest absolute Gasteiger partial charge is 0.478 e. The Morgan fingerprint density at radius 1 is 0.692 bits per heavy atom. The molecule has 0 aliphatic heterocycles. The third-order valence-electron chi connectivity index (χ3n) is 3.10. The summed E-state index contributed by atoms with van der Waals surface area (Å²) in [6, 6.07) is 16.6. The van der Waals surface area contributed by atoms with Crippen molar-refractivity contribution < 1.29 is 35.1 Å². The molecular formula is C19H24O7. The second kappa shape index (κ2) is 14.6. The Bertz CT molecular complexity index is 561. The van der Waals surface area contributed by atoms with Gasteiger partial charge in [-0.05, 0) is 30.7 Å². The number of benzene rings is 2. The molecule has 0 aliphatic rings. The van der Waals surface area contributed by atoms with Crippen molar-refractivity contribution in [2.45, 2.75) is 6.42 Å². The van der Waals surface area contributed by atoms with Crippen LogP contribution in [0.5, 0.6) is 0 Å². The van der Waals surface area contributed by atoms with Gasteiger partial charge >= 0.3 is 11.9 Å². The van der Waals surface area contributed by atoms with Crippen LogP contribution in [0.4, 0.5) is 0 Å². The van der Waals surface area contributed by atoms with Gasteiger partial charge in [-0.2, -0.15) is 0 Å². The Kier molecular flexibility index (Phi) is 13.1. The van der Waals surface area contributed by atoms with Gasteiger partial charge < -0.3 is 25.5 Å². The van der Waals surface area contributed by atoms with Gasteiger partial charge in [0.1, 0.15) is 0 Å². The highest BCUT2D eigenvalue weighted by Gasteiger charge is 2.02. The molecule has 0 aliphatic carbocycles. The Morgan fingerprint density at radius 2 is 1.04 bits per heavy atom. The molecule has 2 aromatic carbocycles. The Labute approximate surface area is 151 Å². The second-order valence-electron chi connectivity index (χ2n) is 5.09. The second-order valence-corrected chi connectivity index (χ2v) is 5.09. The van der Waals surface area contributed by atoms with E-state index in [0.29, 0.717) is 17.5 Å². The third kappa shape index (κ3) is 10.9. The summed E-state index contributed by atoms with van der Waals surface area (Å²) < 4.78 is 0. The van der Waals surface area contributed by atoms with Crippen molar-refractivity contribution in [3.8, 4) is 0 Å². The maximum absolute atomic E-state index is 10.2. The van der Waals surface area contributed by atoms with E-state index in [1.807, 2.05) is 0 Å². The van der Waals surface area contributed by atoms with Crippen LogP contribution in [0.2, 0.25) is 0 Å². The molecule has 0 saturated carbocycles. The van der Waals surface area contributed by atoms with E-state index in [9.17, 15) is 9.59 Å². The molecule has 2 aromatic rings. The van der Waals surface area contributed by atoms with Crippen LogP contribution in [0.1, 0.15) is 27.1 Å². The molecule has 2 rings (SSSR count). The Morgan fingerprint density at radius 3 is 1.19 bits per heavy atom. The highest BCUT2D eigenvalue weighted by molar-refractivity contribution is 5.87. The number of aromatic carboxylic acids is 2. The molecule has 0 unspecified atom stereocenters. The summed E-state index contributed by atoms with van der Waals surface area (Å²) in [5.41, 5.74) is 0.662. The highest BCUT2D eigenvalue weighted by Crippen LogP contribution is 1.98. The predicted molar refractivity (Wildman–Crippen MR) is 96.2 cm³/mol. The summed E-state index contributed by atoms with van der Waals surface area (Å²) in [5, 5.41) is 41.8. The van der Waals surface area contributed by atoms with Gasteiger partial charge in [-0.1, -0.05) is 36.4 Å². The molecule has 0 saturated heterocycles. The van der Waals surface area contributed by atoms with Gasteiger partial charge in [0.2, 0.25) is 0 Å². The molecule has 5 N–H and O–H groups in total. The van der Waals surface area contributed by atoms with Gasteiger partial charge in [-0.25, -0.2) is 9.59 Å². The molecule has 0 fully saturated rings. The molecule has 0 atom stereocenters. The van der Waals surface area contributed by atoms with E-state index in [2.05, 4.69) is 0 Å². The van der Waals surface area contributed by atoms with Crippen molar-refractivity contribution in [1.82, 2.24) is 0 Å². The average molecular weight is 364 g/mol. The van der Waals surface area contributed by atoms with Gasteiger partial charge in [-0.15, -0.1) is 0 Å². The van der Waals surface area contributed by atoms with Crippen molar-refractivity contribution in [2.24, 2.45) is 5.92 Å². The Balaban J connectivity index is 0.000000362. The molecule has 7 nitrogen and oxygen atoms in total. The van der Waals surface area contributed by atoms with E-state index in [0.717, 1.165) is 0 Å². The first-order chi connectivity index (χ1) is 12.5. The summed E-state index contributed by atoms with van der Waals surface area (Å²) in [5.74, 6) is -1.90. The number of aliphatic hydroxyl groups excluding tert-OH is 3. The number of carbonyl (C=O) groups is 2. The lowest BCUT2D eigenvalue weighted by atomic mass is 10.1. The van der Waals surface area contributed by atoms with Crippen LogP contribution in [0.25, 0.3) is 0 Å². The first-order valence-corrected chi connectivity index (χ1v) is 7.85. The lowest BCUT2D eigenvalue weighted by Gasteiger charge is -2.06. The monoisotopic (exact) mass is 364 g/mol. The van der Waals surface area contributed by atoms with Gasteiger partial charge in [0.05, 0.1) is 11.1 Å². The van der Waals surface area contributed by atoms with Crippen molar-refractivity contribution in [2.75, 3.05) is 19.8 Å². The summed E-state index contributed by atoms with van der Waals surface area (Å²) in [4.78, 5) is 20.4. The zero-order valence-electron chi connectivity index (χ0n) is 14.2. The number of hydrogen-bond donors (Lipinski definition) is 5. The summed E-state index contributed by atoms with van der Waals surface area (Å²) in [6.07, 6.45) is 0.479. The van der Waals surface area contributed by atoms with Gasteiger partial charge in [0, 0.05) is 25.7 Å². The van der Waals surface area contributed by atoms with Crippen molar-refractivity contribution >= 4 is 11.9 Å². The Hall–Kier alpha value is -2.74. The molecule has 26 heavy (non-hydrogen) atoms. The van der Waals surface area contributed by atoms with Crippen LogP contribution in [0, 0.1) is 5.92 Å². The SMILES string of the molecule is O=C(O)c1ccccc1.O=C(O)c1ccccc1.OCCC(CO)CO. The van der Waals surface area contributed by atoms with Crippen LogP contribution >= 0.6 is 0 Å². The highest BCUT2D eigenvalue weighted by atomic mass is 16.4. The summed E-state index contributed by atoms with van der Waals surface area (Å²) in [6.45, 7) is -0.0556. The van der Waals surface area contributed by atoms with Gasteiger partial charge in [0.25, 0.3) is 0 Å². The third-order valence-corrected chi connectivity index (χ3v) is 3.10. The van der Waals surface area contributed by atoms with E-state index < -0.39 is 11.9 Å². The van der Waals surface area contributed by atoms with Crippen LogP contribution in [-0.4, -0.2) is 57.3 Å². The maximum Gasteiger partial charge on any atom is 0.335 e. The fraction of sp³-hybridized carbons (Fsp3) is 0.263. The van der Waals surface area contributed by atoms with Gasteiger partial charge in [-0.3, -0.25) is 0 Å². The number of hydrogen-bond acceptors (Lipinski definition) is 5. The van der Waals surface area contributed by atoms with Crippen LogP contribution in [0.3, 0.4) is 0 Å². The predicted octanol–water partition coefficient (Wildman–Crippen LogP) is 1.74. The lowest BCUT2D eigenvalue weighted by molar-refractivity contribution is 0.0686. The fourth-order valence-electron chi connectivity index (χ4n) is 1.58.